The second kappa shape index (κ2) is 5.52. The molecular weight excluding hydrogens is 364 g/mol. The summed E-state index contributed by atoms with van der Waals surface area (Å²) < 4.78 is 0. The third kappa shape index (κ3) is 2.13. The number of halogens is 1. The molecule has 0 aromatic heterocycles. The standard InChI is InChI=1S/C21H25BrO2/c1-20-9-7-14(23)11-13(20)3-4-15-16-5-6-18(19(24)12-22)21(16,2)10-8-17(15)20/h7-9,11,15-16,18H,3-6,10,12H2,1-2H3/t15-,16-,18+,20-,21-/m0/s1. The van der Waals surface area contributed by atoms with Crippen molar-refractivity contribution in [2.24, 2.45) is 28.6 Å². The summed E-state index contributed by atoms with van der Waals surface area (Å²) in [6.07, 6.45) is 13.5. The molecule has 0 spiro atoms. The van der Waals surface area contributed by atoms with Gasteiger partial charge in [0, 0.05) is 11.3 Å². The summed E-state index contributed by atoms with van der Waals surface area (Å²) >= 11 is 3.38. The van der Waals surface area contributed by atoms with Gasteiger partial charge in [-0.2, -0.15) is 0 Å². The Morgan fingerprint density at radius 1 is 1.29 bits per heavy atom. The van der Waals surface area contributed by atoms with Crippen LogP contribution in [0.1, 0.15) is 46.0 Å². The van der Waals surface area contributed by atoms with E-state index in [-0.39, 0.29) is 22.5 Å². The molecule has 0 radical (unpaired) electrons. The third-order valence-electron chi connectivity index (χ3n) is 7.47. The van der Waals surface area contributed by atoms with Crippen LogP contribution in [0.15, 0.2) is 35.5 Å². The summed E-state index contributed by atoms with van der Waals surface area (Å²) in [6, 6.07) is 0. The van der Waals surface area contributed by atoms with E-state index in [1.54, 1.807) is 6.08 Å². The van der Waals surface area contributed by atoms with Crippen molar-refractivity contribution in [1.29, 1.82) is 0 Å². The number of carbonyl (C=O) groups is 2. The van der Waals surface area contributed by atoms with E-state index in [0.29, 0.717) is 22.9 Å². The molecule has 4 aliphatic rings. The van der Waals surface area contributed by atoms with E-state index >= 15 is 0 Å². The number of Topliss-reactive ketones (excluding diaryl/α,β-unsaturated/α-hetero) is 1. The van der Waals surface area contributed by atoms with Crippen molar-refractivity contribution in [2.75, 3.05) is 5.33 Å². The van der Waals surface area contributed by atoms with Crippen molar-refractivity contribution < 1.29 is 9.59 Å². The number of rotatable bonds is 2. The van der Waals surface area contributed by atoms with Crippen LogP contribution in [0.5, 0.6) is 0 Å². The maximum absolute atomic E-state index is 12.4. The highest BCUT2D eigenvalue weighted by Crippen LogP contribution is 2.63. The number of ketones is 2. The van der Waals surface area contributed by atoms with Gasteiger partial charge in [-0.05, 0) is 68.4 Å². The summed E-state index contributed by atoms with van der Waals surface area (Å²) in [5.41, 5.74) is 2.84. The summed E-state index contributed by atoms with van der Waals surface area (Å²) in [5.74, 6) is 1.88. The summed E-state index contributed by atoms with van der Waals surface area (Å²) in [4.78, 5) is 24.2. The number of allylic oxidation sites excluding steroid dienone is 6. The zero-order chi connectivity index (χ0) is 17.1. The van der Waals surface area contributed by atoms with Gasteiger partial charge in [0.15, 0.2) is 5.78 Å². The number of carbonyl (C=O) groups excluding carboxylic acids is 2. The van der Waals surface area contributed by atoms with Crippen LogP contribution >= 0.6 is 15.9 Å². The minimum Gasteiger partial charge on any atom is -0.298 e. The summed E-state index contributed by atoms with van der Waals surface area (Å²) in [5, 5.41) is 0.483. The molecule has 128 valence electrons. The molecule has 2 nitrogen and oxygen atoms in total. The van der Waals surface area contributed by atoms with Gasteiger partial charge in [0.05, 0.1) is 5.33 Å². The average molecular weight is 389 g/mol. The fourth-order valence-electron chi connectivity index (χ4n) is 6.14. The predicted octanol–water partition coefficient (Wildman–Crippen LogP) is 4.79. The van der Waals surface area contributed by atoms with Crippen LogP contribution in [-0.2, 0) is 9.59 Å². The number of hydrogen-bond acceptors (Lipinski definition) is 2. The SMILES string of the molecule is C[C@]12C=CC(=O)C=C1CC[C@@H]1C2=CC[C@]2(C)[C@@H](C(=O)CBr)CC[C@@H]12. The zero-order valence-electron chi connectivity index (χ0n) is 14.5. The van der Waals surface area contributed by atoms with Crippen molar-refractivity contribution in [3.05, 3.63) is 35.5 Å². The third-order valence-corrected chi connectivity index (χ3v) is 8.02. The molecule has 0 aromatic carbocycles. The van der Waals surface area contributed by atoms with E-state index < -0.39 is 0 Å². The molecule has 24 heavy (non-hydrogen) atoms. The van der Waals surface area contributed by atoms with Crippen molar-refractivity contribution in [3.63, 3.8) is 0 Å². The smallest absolute Gasteiger partial charge is 0.178 e. The highest BCUT2D eigenvalue weighted by molar-refractivity contribution is 9.09. The maximum atomic E-state index is 12.4. The number of alkyl halides is 1. The van der Waals surface area contributed by atoms with E-state index in [4.69, 9.17) is 0 Å². The van der Waals surface area contributed by atoms with Gasteiger partial charge < -0.3 is 0 Å². The molecule has 5 atom stereocenters. The second-order valence-corrected chi connectivity index (χ2v) is 9.02. The van der Waals surface area contributed by atoms with Crippen LogP contribution in [0.25, 0.3) is 0 Å². The molecule has 2 saturated carbocycles. The lowest BCUT2D eigenvalue weighted by Crippen LogP contribution is -2.44. The van der Waals surface area contributed by atoms with E-state index in [0.717, 1.165) is 25.7 Å². The Balaban J connectivity index is 1.73. The lowest BCUT2D eigenvalue weighted by atomic mass is 9.52. The monoisotopic (exact) mass is 388 g/mol. The minimum atomic E-state index is -0.0737. The molecule has 0 aromatic rings. The molecule has 0 unspecified atom stereocenters. The normalized spacial score (nSPS) is 43.5. The van der Waals surface area contributed by atoms with Gasteiger partial charge in [0.1, 0.15) is 5.78 Å². The minimum absolute atomic E-state index is 0.0737. The van der Waals surface area contributed by atoms with Crippen LogP contribution < -0.4 is 0 Å². The van der Waals surface area contributed by atoms with Gasteiger partial charge in [0.2, 0.25) is 0 Å². The summed E-state index contributed by atoms with van der Waals surface area (Å²) in [7, 11) is 0. The first-order valence-electron chi connectivity index (χ1n) is 9.13. The fourth-order valence-corrected chi connectivity index (χ4v) is 6.53. The average Bonchev–Trinajstić information content (AvgIpc) is 2.92. The lowest BCUT2D eigenvalue weighted by Gasteiger charge is -2.52. The Bertz CT molecular complexity index is 701. The molecule has 2 fully saturated rings. The Morgan fingerprint density at radius 3 is 2.83 bits per heavy atom. The van der Waals surface area contributed by atoms with Crippen molar-refractivity contribution in [2.45, 2.75) is 46.0 Å². The quantitative estimate of drug-likeness (QED) is 0.503. The molecule has 0 aliphatic heterocycles. The molecular formula is C21H25BrO2. The lowest BCUT2D eigenvalue weighted by molar-refractivity contribution is -0.124. The van der Waals surface area contributed by atoms with Crippen LogP contribution in [-0.4, -0.2) is 16.9 Å². The first-order chi connectivity index (χ1) is 11.4. The largest absolute Gasteiger partial charge is 0.298 e. The van der Waals surface area contributed by atoms with E-state index in [2.05, 4.69) is 41.9 Å². The van der Waals surface area contributed by atoms with Gasteiger partial charge in [0.25, 0.3) is 0 Å². The molecule has 3 heteroatoms. The van der Waals surface area contributed by atoms with Crippen molar-refractivity contribution in [3.8, 4) is 0 Å². The number of fused-ring (bicyclic) bond motifs is 5. The molecule has 0 saturated heterocycles. The molecule has 0 amide bonds. The first kappa shape index (κ1) is 16.5. The number of hydrogen-bond donors (Lipinski definition) is 0. The van der Waals surface area contributed by atoms with Crippen LogP contribution in [0.3, 0.4) is 0 Å². The van der Waals surface area contributed by atoms with Gasteiger partial charge in [-0.1, -0.05) is 46.2 Å². The van der Waals surface area contributed by atoms with Gasteiger partial charge in [-0.3, -0.25) is 9.59 Å². The second-order valence-electron chi connectivity index (χ2n) is 8.46. The van der Waals surface area contributed by atoms with Crippen LogP contribution in [0.4, 0.5) is 0 Å². The highest BCUT2D eigenvalue weighted by atomic mass is 79.9. The Kier molecular flexibility index (Phi) is 3.80. The van der Waals surface area contributed by atoms with Crippen molar-refractivity contribution in [1.82, 2.24) is 0 Å². The van der Waals surface area contributed by atoms with Crippen molar-refractivity contribution >= 4 is 27.5 Å². The van der Waals surface area contributed by atoms with Gasteiger partial charge in [-0.15, -0.1) is 0 Å². The zero-order valence-corrected chi connectivity index (χ0v) is 16.1. The summed E-state index contributed by atoms with van der Waals surface area (Å²) in [6.45, 7) is 4.62. The molecule has 0 N–H and O–H groups in total. The first-order valence-corrected chi connectivity index (χ1v) is 10.3. The fraction of sp³-hybridized carbons (Fsp3) is 0.619. The Morgan fingerprint density at radius 2 is 2.08 bits per heavy atom. The topological polar surface area (TPSA) is 34.1 Å². The van der Waals surface area contributed by atoms with E-state index in [1.165, 1.54) is 17.6 Å². The van der Waals surface area contributed by atoms with Gasteiger partial charge in [-0.25, -0.2) is 0 Å². The predicted molar refractivity (Wildman–Crippen MR) is 98.9 cm³/mol. The molecule has 0 bridgehead atoms. The highest BCUT2D eigenvalue weighted by Gasteiger charge is 2.56. The molecule has 0 heterocycles. The Labute approximate surface area is 152 Å². The van der Waals surface area contributed by atoms with E-state index in [9.17, 15) is 9.59 Å². The van der Waals surface area contributed by atoms with Crippen LogP contribution in [0.2, 0.25) is 0 Å². The molecule has 4 rings (SSSR count). The van der Waals surface area contributed by atoms with Crippen LogP contribution in [0, 0.1) is 28.6 Å². The van der Waals surface area contributed by atoms with Gasteiger partial charge >= 0.3 is 0 Å². The maximum Gasteiger partial charge on any atom is 0.178 e. The van der Waals surface area contributed by atoms with E-state index in [1.807, 2.05) is 6.08 Å². The Hall–Kier alpha value is -0.960. The molecule has 4 aliphatic carbocycles.